The van der Waals surface area contributed by atoms with Crippen LogP contribution in [0.2, 0.25) is 0 Å². The largest absolute Gasteiger partial charge is 0.388 e. The smallest absolute Gasteiger partial charge is 0.115 e. The summed E-state index contributed by atoms with van der Waals surface area (Å²) in [6, 6.07) is 0. The van der Waals surface area contributed by atoms with E-state index in [4.69, 9.17) is 5.73 Å². The number of nitrogens with zero attached hydrogens (tertiary/aromatic N) is 2. The minimum absolute atomic E-state index is 0.0565. The summed E-state index contributed by atoms with van der Waals surface area (Å²) in [7, 11) is 0. The summed E-state index contributed by atoms with van der Waals surface area (Å²) in [5.41, 5.74) is 6.34. The summed E-state index contributed by atoms with van der Waals surface area (Å²) in [5, 5.41) is 9.99. The highest BCUT2D eigenvalue weighted by molar-refractivity contribution is 5.08. The van der Waals surface area contributed by atoms with Gasteiger partial charge in [-0.1, -0.05) is 13.8 Å². The maximum absolute atomic E-state index is 9.99. The first-order valence-corrected chi connectivity index (χ1v) is 4.79. The molecule has 0 bridgehead atoms. The molecule has 1 rings (SSSR count). The van der Waals surface area contributed by atoms with Crippen LogP contribution in [0.15, 0.2) is 18.7 Å². The second-order valence-electron chi connectivity index (χ2n) is 3.76. The fourth-order valence-corrected chi connectivity index (χ4v) is 1.48. The van der Waals surface area contributed by atoms with Gasteiger partial charge in [0.15, 0.2) is 0 Å². The van der Waals surface area contributed by atoms with Crippen LogP contribution in [0.1, 0.15) is 25.5 Å². The minimum Gasteiger partial charge on any atom is -0.388 e. The molecule has 0 saturated carbocycles. The van der Waals surface area contributed by atoms with E-state index in [2.05, 4.69) is 9.97 Å². The van der Waals surface area contributed by atoms with Gasteiger partial charge in [0, 0.05) is 23.9 Å². The highest BCUT2D eigenvalue weighted by Crippen LogP contribution is 2.25. The number of nitrogens with two attached hydrogens (primary N) is 1. The summed E-state index contributed by atoms with van der Waals surface area (Å²) >= 11 is 0. The molecule has 0 spiro atoms. The SMILES string of the molecule is CC(C)C(CN)C(O)c1cncnc1. The van der Waals surface area contributed by atoms with Crippen molar-refractivity contribution in [1.82, 2.24) is 9.97 Å². The second kappa shape index (κ2) is 5.02. The molecule has 2 unspecified atom stereocenters. The third-order valence-electron chi connectivity index (χ3n) is 2.46. The molecule has 0 saturated heterocycles. The third kappa shape index (κ3) is 2.49. The van der Waals surface area contributed by atoms with Crippen LogP contribution >= 0.6 is 0 Å². The first kappa shape index (κ1) is 11.1. The second-order valence-corrected chi connectivity index (χ2v) is 3.76. The van der Waals surface area contributed by atoms with Gasteiger partial charge in [0.2, 0.25) is 0 Å². The van der Waals surface area contributed by atoms with E-state index in [0.29, 0.717) is 12.5 Å². The van der Waals surface area contributed by atoms with Crippen molar-refractivity contribution in [2.45, 2.75) is 20.0 Å². The van der Waals surface area contributed by atoms with Crippen molar-refractivity contribution in [3.05, 3.63) is 24.3 Å². The zero-order valence-corrected chi connectivity index (χ0v) is 8.59. The quantitative estimate of drug-likeness (QED) is 0.743. The molecule has 1 heterocycles. The van der Waals surface area contributed by atoms with Gasteiger partial charge in [-0.25, -0.2) is 9.97 Å². The predicted molar refractivity (Wildman–Crippen MR) is 54.4 cm³/mol. The maximum atomic E-state index is 9.99. The van der Waals surface area contributed by atoms with E-state index in [1.807, 2.05) is 13.8 Å². The Morgan fingerprint density at radius 3 is 2.36 bits per heavy atom. The number of aliphatic hydroxyl groups is 1. The molecule has 0 aliphatic carbocycles. The summed E-state index contributed by atoms with van der Waals surface area (Å²) < 4.78 is 0. The summed E-state index contributed by atoms with van der Waals surface area (Å²) in [4.78, 5) is 7.74. The Hall–Kier alpha value is -1.00. The van der Waals surface area contributed by atoms with Gasteiger partial charge in [-0.05, 0) is 12.5 Å². The van der Waals surface area contributed by atoms with Crippen LogP contribution in [0.3, 0.4) is 0 Å². The van der Waals surface area contributed by atoms with Crippen LogP contribution in [0.25, 0.3) is 0 Å². The van der Waals surface area contributed by atoms with Crippen LogP contribution in [-0.4, -0.2) is 21.6 Å². The highest BCUT2D eigenvalue weighted by Gasteiger charge is 2.22. The lowest BCUT2D eigenvalue weighted by Gasteiger charge is -2.24. The molecule has 0 radical (unpaired) electrons. The van der Waals surface area contributed by atoms with Gasteiger partial charge < -0.3 is 10.8 Å². The maximum Gasteiger partial charge on any atom is 0.115 e. The number of rotatable bonds is 4. The monoisotopic (exact) mass is 195 g/mol. The number of hydrogen-bond donors (Lipinski definition) is 2. The molecule has 78 valence electrons. The predicted octanol–water partition coefficient (Wildman–Crippen LogP) is 0.741. The van der Waals surface area contributed by atoms with E-state index >= 15 is 0 Å². The molecule has 0 aliphatic rings. The molecule has 0 aliphatic heterocycles. The number of aromatic nitrogens is 2. The Morgan fingerprint density at radius 2 is 1.93 bits per heavy atom. The normalized spacial score (nSPS) is 15.5. The molecular weight excluding hydrogens is 178 g/mol. The van der Waals surface area contributed by atoms with Crippen LogP contribution in [0, 0.1) is 11.8 Å². The lowest BCUT2D eigenvalue weighted by molar-refractivity contribution is 0.0855. The van der Waals surface area contributed by atoms with E-state index in [-0.39, 0.29) is 5.92 Å². The molecule has 0 aromatic carbocycles. The van der Waals surface area contributed by atoms with Crippen molar-refractivity contribution >= 4 is 0 Å². The Labute approximate surface area is 84.2 Å². The van der Waals surface area contributed by atoms with E-state index in [1.54, 1.807) is 12.4 Å². The summed E-state index contributed by atoms with van der Waals surface area (Å²) in [6.45, 7) is 4.56. The van der Waals surface area contributed by atoms with E-state index < -0.39 is 6.10 Å². The topological polar surface area (TPSA) is 72.0 Å². The Morgan fingerprint density at radius 1 is 1.36 bits per heavy atom. The fraction of sp³-hybridized carbons (Fsp3) is 0.600. The number of hydrogen-bond acceptors (Lipinski definition) is 4. The van der Waals surface area contributed by atoms with Gasteiger partial charge in [0.05, 0.1) is 6.10 Å². The third-order valence-corrected chi connectivity index (χ3v) is 2.46. The molecular formula is C10H17N3O. The average Bonchev–Trinajstić information content (AvgIpc) is 2.19. The van der Waals surface area contributed by atoms with Gasteiger partial charge in [-0.15, -0.1) is 0 Å². The van der Waals surface area contributed by atoms with Gasteiger partial charge in [0.1, 0.15) is 6.33 Å². The van der Waals surface area contributed by atoms with Gasteiger partial charge in [0.25, 0.3) is 0 Å². The molecule has 4 heteroatoms. The number of aliphatic hydroxyl groups excluding tert-OH is 1. The minimum atomic E-state index is -0.568. The molecule has 2 atom stereocenters. The van der Waals surface area contributed by atoms with Crippen molar-refractivity contribution in [1.29, 1.82) is 0 Å². The van der Waals surface area contributed by atoms with Crippen LogP contribution in [0.4, 0.5) is 0 Å². The zero-order valence-electron chi connectivity index (χ0n) is 8.59. The molecule has 0 fully saturated rings. The molecule has 3 N–H and O–H groups in total. The highest BCUT2D eigenvalue weighted by atomic mass is 16.3. The lowest BCUT2D eigenvalue weighted by Crippen LogP contribution is -2.26. The van der Waals surface area contributed by atoms with Gasteiger partial charge in [-0.2, -0.15) is 0 Å². The average molecular weight is 195 g/mol. The van der Waals surface area contributed by atoms with Crippen molar-refractivity contribution in [2.24, 2.45) is 17.6 Å². The van der Waals surface area contributed by atoms with Gasteiger partial charge >= 0.3 is 0 Å². The molecule has 1 aromatic rings. The first-order chi connectivity index (χ1) is 6.66. The summed E-state index contributed by atoms with van der Waals surface area (Å²) in [6.07, 6.45) is 4.13. The molecule has 14 heavy (non-hydrogen) atoms. The molecule has 0 amide bonds. The fourth-order valence-electron chi connectivity index (χ4n) is 1.48. The van der Waals surface area contributed by atoms with Crippen LogP contribution in [0.5, 0.6) is 0 Å². The standard InChI is InChI=1S/C10H17N3O/c1-7(2)9(3-11)10(14)8-4-12-6-13-5-8/h4-7,9-10,14H,3,11H2,1-2H3. The van der Waals surface area contributed by atoms with E-state index in [9.17, 15) is 5.11 Å². The van der Waals surface area contributed by atoms with Crippen molar-refractivity contribution in [3.63, 3.8) is 0 Å². The van der Waals surface area contributed by atoms with Crippen molar-refractivity contribution < 1.29 is 5.11 Å². The van der Waals surface area contributed by atoms with Crippen LogP contribution in [-0.2, 0) is 0 Å². The Bertz CT molecular complexity index is 263. The Kier molecular flexibility index (Phi) is 3.98. The zero-order chi connectivity index (χ0) is 10.6. The van der Waals surface area contributed by atoms with E-state index in [0.717, 1.165) is 5.56 Å². The van der Waals surface area contributed by atoms with Crippen molar-refractivity contribution in [2.75, 3.05) is 6.54 Å². The van der Waals surface area contributed by atoms with Gasteiger partial charge in [-0.3, -0.25) is 0 Å². The van der Waals surface area contributed by atoms with E-state index in [1.165, 1.54) is 6.33 Å². The first-order valence-electron chi connectivity index (χ1n) is 4.79. The molecule has 4 nitrogen and oxygen atoms in total. The van der Waals surface area contributed by atoms with Crippen LogP contribution < -0.4 is 5.73 Å². The molecule has 1 aromatic heterocycles. The summed E-state index contributed by atoms with van der Waals surface area (Å²) in [5.74, 6) is 0.399. The lowest BCUT2D eigenvalue weighted by atomic mass is 9.87. The Balaban J connectivity index is 2.78. The van der Waals surface area contributed by atoms with Crippen molar-refractivity contribution in [3.8, 4) is 0 Å².